The Morgan fingerprint density at radius 1 is 1.22 bits per heavy atom. The second-order valence-electron chi connectivity index (χ2n) is 8.79. The fourth-order valence-electron chi connectivity index (χ4n) is 3.47. The van der Waals surface area contributed by atoms with E-state index in [0.717, 1.165) is 49.0 Å². The van der Waals surface area contributed by atoms with Gasteiger partial charge in [-0.05, 0) is 96.4 Å². The minimum atomic E-state index is -0.426. The van der Waals surface area contributed by atoms with Crippen molar-refractivity contribution in [2.45, 2.75) is 78.9 Å². The van der Waals surface area contributed by atoms with Gasteiger partial charge in [0.05, 0.1) is 6.10 Å². The van der Waals surface area contributed by atoms with Crippen LogP contribution in [0.2, 0.25) is 0 Å². The van der Waals surface area contributed by atoms with Gasteiger partial charge in [-0.2, -0.15) is 0 Å². The molecule has 152 valence electrons. The number of halogens is 1. The van der Waals surface area contributed by atoms with Crippen molar-refractivity contribution in [1.82, 2.24) is 4.90 Å². The first-order chi connectivity index (χ1) is 12.5. The zero-order chi connectivity index (χ0) is 20.2. The van der Waals surface area contributed by atoms with E-state index in [9.17, 15) is 4.79 Å². The Morgan fingerprint density at radius 3 is 2.30 bits per heavy atom. The Balaban J connectivity index is 1.74. The monoisotopic (exact) mass is 439 g/mol. The second kappa shape index (κ2) is 9.31. The smallest absolute Gasteiger partial charge is 0.410 e. The third-order valence-corrected chi connectivity index (χ3v) is 6.25. The van der Waals surface area contributed by atoms with Crippen LogP contribution in [0.1, 0.15) is 64.5 Å². The van der Waals surface area contributed by atoms with E-state index in [1.807, 2.05) is 25.7 Å². The lowest BCUT2D eigenvalue weighted by Gasteiger charge is -2.33. The van der Waals surface area contributed by atoms with Crippen LogP contribution in [0.5, 0.6) is 5.75 Å². The molecule has 2 rings (SSSR count). The first kappa shape index (κ1) is 22.1. The molecule has 1 amide bonds. The molecule has 1 fully saturated rings. The number of amides is 1. The summed E-state index contributed by atoms with van der Waals surface area (Å²) in [5.74, 6) is 1.60. The lowest BCUT2D eigenvalue weighted by atomic mass is 9.91. The zero-order valence-corrected chi connectivity index (χ0v) is 19.2. The van der Waals surface area contributed by atoms with Gasteiger partial charge in [-0.15, -0.1) is 0 Å². The van der Waals surface area contributed by atoms with E-state index in [0.29, 0.717) is 5.92 Å². The summed E-state index contributed by atoms with van der Waals surface area (Å²) in [7, 11) is 0. The number of likely N-dealkylation sites (tertiary alicyclic amines) is 1. The van der Waals surface area contributed by atoms with E-state index in [4.69, 9.17) is 9.47 Å². The van der Waals surface area contributed by atoms with E-state index in [1.165, 1.54) is 11.1 Å². The summed E-state index contributed by atoms with van der Waals surface area (Å²) in [6.45, 7) is 13.6. The highest BCUT2D eigenvalue weighted by Crippen LogP contribution is 2.28. The number of hydrogen-bond acceptors (Lipinski definition) is 3. The van der Waals surface area contributed by atoms with Crippen LogP contribution in [0.3, 0.4) is 0 Å². The van der Waals surface area contributed by atoms with E-state index >= 15 is 0 Å². The molecule has 1 aromatic rings. The first-order valence-corrected chi connectivity index (χ1v) is 10.8. The molecule has 0 unspecified atom stereocenters. The third-order valence-electron chi connectivity index (χ3n) is 4.99. The predicted molar refractivity (Wildman–Crippen MR) is 113 cm³/mol. The Kier molecular flexibility index (Phi) is 7.61. The second-order valence-corrected chi connectivity index (χ2v) is 9.58. The van der Waals surface area contributed by atoms with Gasteiger partial charge in [0.1, 0.15) is 11.4 Å². The fourth-order valence-corrected chi connectivity index (χ4v) is 3.70. The Morgan fingerprint density at radius 2 is 1.78 bits per heavy atom. The molecule has 0 aliphatic carbocycles. The topological polar surface area (TPSA) is 38.8 Å². The van der Waals surface area contributed by atoms with Crippen molar-refractivity contribution < 1.29 is 14.3 Å². The van der Waals surface area contributed by atoms with E-state index in [2.05, 4.69) is 48.8 Å². The normalized spacial score (nSPS) is 16.9. The molecule has 0 saturated carbocycles. The van der Waals surface area contributed by atoms with Crippen molar-refractivity contribution >= 4 is 22.0 Å². The molecule has 1 aromatic carbocycles. The van der Waals surface area contributed by atoms with Gasteiger partial charge >= 0.3 is 6.09 Å². The molecule has 0 aromatic heterocycles. The maximum absolute atomic E-state index is 12.1. The van der Waals surface area contributed by atoms with Gasteiger partial charge in [0.15, 0.2) is 0 Å². The molecular weight excluding hydrogens is 406 g/mol. The number of piperidine rings is 1. The summed E-state index contributed by atoms with van der Waals surface area (Å²) in [5, 5.41) is 0. The van der Waals surface area contributed by atoms with Gasteiger partial charge < -0.3 is 14.4 Å². The number of carbonyl (C=O) groups is 1. The lowest BCUT2D eigenvalue weighted by Crippen LogP contribution is -2.41. The Hall–Kier alpha value is -1.23. The van der Waals surface area contributed by atoms with Crippen molar-refractivity contribution in [2.24, 2.45) is 5.92 Å². The van der Waals surface area contributed by atoms with Gasteiger partial charge in [0, 0.05) is 17.6 Å². The highest BCUT2D eigenvalue weighted by atomic mass is 79.9. The quantitative estimate of drug-likeness (QED) is 0.543. The molecule has 0 spiro atoms. The molecule has 1 atom stereocenters. The highest BCUT2D eigenvalue weighted by Gasteiger charge is 2.27. The number of carbonyl (C=O) groups excluding carboxylic acids is 1. The van der Waals surface area contributed by atoms with Crippen LogP contribution in [-0.2, 0) is 4.74 Å². The SMILES string of the molecule is Cc1cc(O[C@H](C)CCC2CCN(C(=O)OC(C)(C)C)CC2)cc(C)c1Br. The van der Waals surface area contributed by atoms with Gasteiger partial charge in [0.2, 0.25) is 0 Å². The average Bonchev–Trinajstić information content (AvgIpc) is 2.56. The molecular formula is C22H34BrNO3. The number of nitrogens with zero attached hydrogens (tertiary/aromatic N) is 1. The molecule has 1 heterocycles. The summed E-state index contributed by atoms with van der Waals surface area (Å²) in [5.41, 5.74) is 1.98. The molecule has 0 N–H and O–H groups in total. The lowest BCUT2D eigenvalue weighted by molar-refractivity contribution is 0.0177. The van der Waals surface area contributed by atoms with Crippen molar-refractivity contribution in [3.63, 3.8) is 0 Å². The summed E-state index contributed by atoms with van der Waals surface area (Å²) in [6.07, 6.45) is 4.26. The molecule has 5 heteroatoms. The molecule has 1 saturated heterocycles. The highest BCUT2D eigenvalue weighted by molar-refractivity contribution is 9.10. The molecule has 1 aliphatic heterocycles. The molecule has 0 radical (unpaired) electrons. The van der Waals surface area contributed by atoms with Crippen molar-refractivity contribution in [2.75, 3.05) is 13.1 Å². The van der Waals surface area contributed by atoms with Crippen molar-refractivity contribution in [1.29, 1.82) is 0 Å². The summed E-state index contributed by atoms with van der Waals surface area (Å²) >= 11 is 3.60. The van der Waals surface area contributed by atoms with Crippen LogP contribution < -0.4 is 4.74 Å². The van der Waals surface area contributed by atoms with Crippen LogP contribution >= 0.6 is 15.9 Å². The maximum atomic E-state index is 12.1. The van der Waals surface area contributed by atoms with Gasteiger partial charge in [-0.3, -0.25) is 0 Å². The number of aryl methyl sites for hydroxylation is 2. The number of ether oxygens (including phenoxy) is 2. The summed E-state index contributed by atoms with van der Waals surface area (Å²) < 4.78 is 12.8. The Labute approximate surface area is 172 Å². The largest absolute Gasteiger partial charge is 0.491 e. The van der Waals surface area contributed by atoms with Gasteiger partial charge in [-0.25, -0.2) is 4.79 Å². The molecule has 0 bridgehead atoms. The molecule has 27 heavy (non-hydrogen) atoms. The minimum Gasteiger partial charge on any atom is -0.491 e. The number of hydrogen-bond donors (Lipinski definition) is 0. The zero-order valence-electron chi connectivity index (χ0n) is 17.6. The standard InChI is InChI=1S/C22H34BrNO3/c1-15-13-19(14-16(2)20(15)23)26-17(3)7-8-18-9-11-24(12-10-18)21(25)27-22(4,5)6/h13-14,17-18H,7-12H2,1-6H3/t17-/m1/s1. The third kappa shape index (κ3) is 7.02. The summed E-state index contributed by atoms with van der Waals surface area (Å²) in [4.78, 5) is 14.0. The number of rotatable bonds is 5. The first-order valence-electron chi connectivity index (χ1n) is 9.96. The van der Waals surface area contributed by atoms with Crippen molar-refractivity contribution in [3.05, 3.63) is 27.7 Å². The minimum absolute atomic E-state index is 0.182. The number of benzene rings is 1. The molecule has 4 nitrogen and oxygen atoms in total. The van der Waals surface area contributed by atoms with Crippen LogP contribution in [0, 0.1) is 19.8 Å². The van der Waals surface area contributed by atoms with Crippen LogP contribution in [0.15, 0.2) is 16.6 Å². The van der Waals surface area contributed by atoms with E-state index in [-0.39, 0.29) is 12.2 Å². The maximum Gasteiger partial charge on any atom is 0.410 e. The summed E-state index contributed by atoms with van der Waals surface area (Å²) in [6, 6.07) is 4.18. The van der Waals surface area contributed by atoms with E-state index in [1.54, 1.807) is 0 Å². The van der Waals surface area contributed by atoms with E-state index < -0.39 is 5.60 Å². The van der Waals surface area contributed by atoms with Crippen LogP contribution in [0.4, 0.5) is 4.79 Å². The predicted octanol–water partition coefficient (Wildman–Crippen LogP) is 6.26. The van der Waals surface area contributed by atoms with Gasteiger partial charge in [-0.1, -0.05) is 15.9 Å². The fraction of sp³-hybridized carbons (Fsp3) is 0.682. The average molecular weight is 440 g/mol. The van der Waals surface area contributed by atoms with Crippen molar-refractivity contribution in [3.8, 4) is 5.75 Å². The van der Waals surface area contributed by atoms with Gasteiger partial charge in [0.25, 0.3) is 0 Å². The molecule has 1 aliphatic rings. The van der Waals surface area contributed by atoms with Crippen LogP contribution in [-0.4, -0.2) is 35.8 Å². The Bertz CT molecular complexity index is 622. The van der Waals surface area contributed by atoms with Crippen LogP contribution in [0.25, 0.3) is 0 Å².